The molecule has 0 bridgehead atoms. The number of amides is 1. The van der Waals surface area contributed by atoms with Crippen molar-refractivity contribution in [3.8, 4) is 0 Å². The highest BCUT2D eigenvalue weighted by Crippen LogP contribution is 2.43. The molecule has 0 fully saturated rings. The van der Waals surface area contributed by atoms with Gasteiger partial charge in [-0.25, -0.2) is 4.57 Å². The number of hydrogen-bond acceptors (Lipinski definition) is 5. The summed E-state index contributed by atoms with van der Waals surface area (Å²) in [6.07, 6.45) is 31.0. The van der Waals surface area contributed by atoms with E-state index in [1.165, 1.54) is 89.9 Å². The van der Waals surface area contributed by atoms with E-state index in [2.05, 4.69) is 31.3 Å². The average Bonchev–Trinajstić information content (AvgIpc) is 2.97. The van der Waals surface area contributed by atoms with E-state index in [0.29, 0.717) is 17.4 Å². The first-order chi connectivity index (χ1) is 21.5. The molecule has 3 unspecified atom stereocenters. The lowest BCUT2D eigenvalue weighted by atomic mass is 10.1. The molecule has 0 saturated carbocycles. The van der Waals surface area contributed by atoms with Gasteiger partial charge in [-0.1, -0.05) is 134 Å². The van der Waals surface area contributed by atoms with Gasteiger partial charge in [0.15, 0.2) is 0 Å². The van der Waals surface area contributed by atoms with Crippen molar-refractivity contribution in [2.45, 2.75) is 161 Å². The van der Waals surface area contributed by atoms with Crippen molar-refractivity contribution in [3.63, 3.8) is 0 Å². The van der Waals surface area contributed by atoms with Gasteiger partial charge in [0.2, 0.25) is 5.91 Å². The minimum atomic E-state index is -4.33. The molecule has 0 heterocycles. The predicted molar refractivity (Wildman–Crippen MR) is 189 cm³/mol. The molecule has 0 aromatic carbocycles. The van der Waals surface area contributed by atoms with Crippen molar-refractivity contribution in [2.75, 3.05) is 40.9 Å². The van der Waals surface area contributed by atoms with Crippen LogP contribution in [0, 0.1) is 0 Å². The Kier molecular flexibility index (Phi) is 28.5. The lowest BCUT2D eigenvalue weighted by molar-refractivity contribution is -0.870. The summed E-state index contributed by atoms with van der Waals surface area (Å²) in [6.45, 7) is 4.74. The molecule has 9 heteroatoms. The zero-order valence-corrected chi connectivity index (χ0v) is 30.8. The molecular weight excluding hydrogens is 587 g/mol. The number of phosphoric acid groups is 1. The number of carbonyl (C=O) groups is 1. The second-order valence-corrected chi connectivity index (χ2v) is 15.0. The van der Waals surface area contributed by atoms with E-state index in [9.17, 15) is 19.4 Å². The third kappa shape index (κ3) is 31.4. The van der Waals surface area contributed by atoms with Crippen LogP contribution < -0.4 is 5.32 Å². The van der Waals surface area contributed by atoms with Gasteiger partial charge in [-0.2, -0.15) is 0 Å². The molecule has 0 radical (unpaired) electrons. The largest absolute Gasteiger partial charge is 0.472 e. The quantitative estimate of drug-likeness (QED) is 0.0288. The molecule has 266 valence electrons. The molecule has 1 amide bonds. The summed E-state index contributed by atoms with van der Waals surface area (Å²) < 4.78 is 23.4. The first-order valence-corrected chi connectivity index (χ1v) is 19.7. The van der Waals surface area contributed by atoms with Crippen LogP contribution in [-0.2, 0) is 18.4 Å². The summed E-state index contributed by atoms with van der Waals surface area (Å²) in [4.78, 5) is 22.9. The van der Waals surface area contributed by atoms with E-state index in [1.807, 2.05) is 27.2 Å². The number of quaternary nitrogens is 1. The lowest BCUT2D eigenvalue weighted by Crippen LogP contribution is -2.45. The fourth-order valence-electron chi connectivity index (χ4n) is 4.94. The van der Waals surface area contributed by atoms with Crippen LogP contribution in [-0.4, -0.2) is 73.4 Å². The number of nitrogens with one attached hydrogen (secondary N) is 1. The topological polar surface area (TPSA) is 105 Å². The zero-order valence-electron chi connectivity index (χ0n) is 29.9. The van der Waals surface area contributed by atoms with Gasteiger partial charge in [0.25, 0.3) is 0 Å². The maximum Gasteiger partial charge on any atom is 0.472 e. The van der Waals surface area contributed by atoms with Gasteiger partial charge in [0.1, 0.15) is 13.2 Å². The maximum atomic E-state index is 12.7. The summed E-state index contributed by atoms with van der Waals surface area (Å²) in [5.74, 6) is -0.192. The Hall–Kier alpha value is -1.02. The predicted octanol–water partition coefficient (Wildman–Crippen LogP) is 9.02. The average molecular weight is 660 g/mol. The SMILES string of the molecule is CCCCCCCCC/C=C/CC/C=C/C(O)C(COP(=O)(O)OCC[N+](C)(C)C)NC(=O)CCCCCCCCCCCC. The van der Waals surface area contributed by atoms with Crippen LogP contribution >= 0.6 is 7.82 Å². The molecular formula is C36H72N2O6P+. The fraction of sp³-hybridized carbons (Fsp3) is 0.861. The minimum absolute atomic E-state index is 0.0575. The molecule has 0 aliphatic heterocycles. The highest BCUT2D eigenvalue weighted by Gasteiger charge is 2.27. The number of hydrogen-bond donors (Lipinski definition) is 3. The number of carbonyl (C=O) groups excluding carboxylic acids is 1. The summed E-state index contributed by atoms with van der Waals surface area (Å²) in [6, 6.07) is -0.854. The molecule has 0 aromatic heterocycles. The Morgan fingerprint density at radius 1 is 0.733 bits per heavy atom. The van der Waals surface area contributed by atoms with Crippen LogP contribution in [0.3, 0.4) is 0 Å². The van der Waals surface area contributed by atoms with Crippen molar-refractivity contribution >= 4 is 13.7 Å². The third-order valence-corrected chi connectivity index (χ3v) is 8.91. The second kappa shape index (κ2) is 29.1. The van der Waals surface area contributed by atoms with Gasteiger partial charge in [0, 0.05) is 6.42 Å². The molecule has 45 heavy (non-hydrogen) atoms. The Morgan fingerprint density at radius 2 is 1.22 bits per heavy atom. The van der Waals surface area contributed by atoms with E-state index in [0.717, 1.165) is 38.5 Å². The highest BCUT2D eigenvalue weighted by atomic mass is 31.2. The number of allylic oxidation sites excluding steroid dienone is 3. The number of likely N-dealkylation sites (N-methyl/N-ethyl adjacent to an activating group) is 1. The van der Waals surface area contributed by atoms with Crippen LogP contribution in [0.15, 0.2) is 24.3 Å². The maximum absolute atomic E-state index is 12.7. The van der Waals surface area contributed by atoms with Gasteiger partial charge in [0.05, 0.1) is 39.9 Å². The van der Waals surface area contributed by atoms with Crippen LogP contribution in [0.1, 0.15) is 149 Å². The normalized spacial score (nSPS) is 15.1. The monoisotopic (exact) mass is 660 g/mol. The van der Waals surface area contributed by atoms with Gasteiger partial charge in [-0.3, -0.25) is 13.8 Å². The molecule has 3 N–H and O–H groups in total. The van der Waals surface area contributed by atoms with E-state index in [-0.39, 0.29) is 19.1 Å². The first-order valence-electron chi connectivity index (χ1n) is 18.2. The van der Waals surface area contributed by atoms with Crippen LogP contribution in [0.4, 0.5) is 0 Å². The fourth-order valence-corrected chi connectivity index (χ4v) is 5.67. The second-order valence-electron chi connectivity index (χ2n) is 13.6. The van der Waals surface area contributed by atoms with Crippen molar-refractivity contribution in [1.82, 2.24) is 5.32 Å². The molecule has 0 aromatic rings. The van der Waals surface area contributed by atoms with Crippen molar-refractivity contribution in [2.24, 2.45) is 0 Å². The smallest absolute Gasteiger partial charge is 0.387 e. The summed E-state index contributed by atoms with van der Waals surface area (Å²) in [5.41, 5.74) is 0. The first kappa shape index (κ1) is 44.0. The number of unbranched alkanes of at least 4 members (excludes halogenated alkanes) is 17. The molecule has 0 aliphatic carbocycles. The van der Waals surface area contributed by atoms with Gasteiger partial charge >= 0.3 is 7.82 Å². The van der Waals surface area contributed by atoms with Crippen LogP contribution in [0.25, 0.3) is 0 Å². The van der Waals surface area contributed by atoms with E-state index in [1.54, 1.807) is 6.08 Å². The molecule has 0 rings (SSSR count). The van der Waals surface area contributed by atoms with Gasteiger partial charge in [-0.05, 0) is 32.1 Å². The minimum Gasteiger partial charge on any atom is -0.387 e. The van der Waals surface area contributed by atoms with E-state index in [4.69, 9.17) is 9.05 Å². The Labute approximate surface area is 277 Å². The molecule has 3 atom stereocenters. The molecule has 8 nitrogen and oxygen atoms in total. The Balaban J connectivity index is 4.64. The van der Waals surface area contributed by atoms with Crippen molar-refractivity contribution < 1.29 is 32.9 Å². The van der Waals surface area contributed by atoms with Crippen LogP contribution in [0.5, 0.6) is 0 Å². The number of aliphatic hydroxyl groups excluding tert-OH is 1. The van der Waals surface area contributed by atoms with E-state index >= 15 is 0 Å². The van der Waals surface area contributed by atoms with Crippen molar-refractivity contribution in [3.05, 3.63) is 24.3 Å². The summed E-state index contributed by atoms with van der Waals surface area (Å²) >= 11 is 0. The number of aliphatic hydroxyl groups is 1. The third-order valence-electron chi connectivity index (χ3n) is 7.92. The Bertz CT molecular complexity index is 799. The van der Waals surface area contributed by atoms with Crippen LogP contribution in [0.2, 0.25) is 0 Å². The molecule has 0 spiro atoms. The summed E-state index contributed by atoms with van der Waals surface area (Å²) in [7, 11) is 1.55. The highest BCUT2D eigenvalue weighted by molar-refractivity contribution is 7.47. The van der Waals surface area contributed by atoms with E-state index < -0.39 is 20.0 Å². The zero-order chi connectivity index (χ0) is 33.7. The Morgan fingerprint density at radius 3 is 1.78 bits per heavy atom. The van der Waals surface area contributed by atoms with Gasteiger partial charge < -0.3 is 19.8 Å². The number of rotatable bonds is 32. The molecule has 0 aliphatic rings. The standard InChI is InChI=1S/C36H71N2O6P/c1-6-8-10-12-14-16-18-19-20-21-23-25-27-29-35(39)34(33-44-45(41,42)43-32-31-38(3,4)5)37-36(40)30-28-26-24-22-17-15-13-11-9-7-2/h20-21,27,29,34-35,39H,6-19,22-26,28,30-33H2,1-5H3,(H-,37,40,41,42)/p+1/b21-20+,29-27+. The number of phosphoric ester groups is 1. The number of nitrogens with zero attached hydrogens (tertiary/aromatic N) is 1. The lowest BCUT2D eigenvalue weighted by Gasteiger charge is -2.25. The van der Waals surface area contributed by atoms with Crippen molar-refractivity contribution in [1.29, 1.82) is 0 Å². The summed E-state index contributed by atoms with van der Waals surface area (Å²) in [5, 5.41) is 13.7. The van der Waals surface area contributed by atoms with Gasteiger partial charge in [-0.15, -0.1) is 0 Å². The molecule has 0 saturated heterocycles.